The highest BCUT2D eigenvalue weighted by Crippen LogP contribution is 2.25. The van der Waals surface area contributed by atoms with E-state index in [4.69, 9.17) is 0 Å². The zero-order chi connectivity index (χ0) is 17.2. The molecule has 124 valence electrons. The molecule has 0 aromatic heterocycles. The molecule has 1 N–H and O–H groups in total. The van der Waals surface area contributed by atoms with Crippen LogP contribution in [0.3, 0.4) is 0 Å². The normalized spacial score (nSPS) is 17.8. The molecule has 1 fully saturated rings. The fraction of sp³-hybridized carbons (Fsp3) is 0.176. The fourth-order valence-electron chi connectivity index (χ4n) is 2.62. The second-order valence-electron chi connectivity index (χ2n) is 5.52. The number of nitrogens with zero attached hydrogens (tertiary/aromatic N) is 1. The third-order valence-electron chi connectivity index (χ3n) is 3.85. The van der Waals surface area contributed by atoms with Crippen LogP contribution in [0.4, 0.5) is 5.69 Å². The number of carbonyl (C=O) groups is 2. The van der Waals surface area contributed by atoms with Gasteiger partial charge in [-0.05, 0) is 24.3 Å². The van der Waals surface area contributed by atoms with Crippen molar-refractivity contribution in [3.8, 4) is 0 Å². The summed E-state index contributed by atoms with van der Waals surface area (Å²) in [6.07, 6.45) is -0.00889. The smallest absolute Gasteiger partial charge is 0.264 e. The molecule has 0 bridgehead atoms. The second kappa shape index (κ2) is 6.45. The van der Waals surface area contributed by atoms with Gasteiger partial charge in [0, 0.05) is 18.7 Å². The SMILES string of the molecule is O=C(NS(=O)(=O)c1ccccc1)[C@H]1CC(=O)N(c2ccccc2)C1. The quantitative estimate of drug-likeness (QED) is 0.912. The number of benzene rings is 2. The molecule has 2 amide bonds. The highest BCUT2D eigenvalue weighted by atomic mass is 32.2. The topological polar surface area (TPSA) is 83.5 Å². The minimum Gasteiger partial charge on any atom is -0.312 e. The first-order valence-electron chi connectivity index (χ1n) is 7.44. The summed E-state index contributed by atoms with van der Waals surface area (Å²) in [5, 5.41) is 0. The van der Waals surface area contributed by atoms with E-state index >= 15 is 0 Å². The fourth-order valence-corrected chi connectivity index (χ4v) is 3.68. The Morgan fingerprint density at radius 2 is 1.58 bits per heavy atom. The predicted octanol–water partition coefficient (Wildman–Crippen LogP) is 1.54. The average molecular weight is 344 g/mol. The Morgan fingerprint density at radius 3 is 2.21 bits per heavy atom. The van der Waals surface area contributed by atoms with Crippen molar-refractivity contribution in [2.24, 2.45) is 5.92 Å². The highest BCUT2D eigenvalue weighted by Gasteiger charge is 2.36. The molecule has 7 heteroatoms. The molecule has 1 heterocycles. The minimum atomic E-state index is -3.93. The van der Waals surface area contributed by atoms with E-state index in [1.807, 2.05) is 6.07 Å². The number of nitrogens with one attached hydrogen (secondary N) is 1. The molecule has 1 atom stereocenters. The lowest BCUT2D eigenvalue weighted by Gasteiger charge is -2.16. The molecular formula is C17H16N2O4S. The van der Waals surface area contributed by atoms with E-state index in [9.17, 15) is 18.0 Å². The van der Waals surface area contributed by atoms with Crippen LogP contribution in [0.1, 0.15) is 6.42 Å². The molecule has 2 aromatic rings. The number of amides is 2. The third kappa shape index (κ3) is 3.30. The van der Waals surface area contributed by atoms with Gasteiger partial charge in [0.15, 0.2) is 0 Å². The monoisotopic (exact) mass is 344 g/mol. The van der Waals surface area contributed by atoms with Crippen molar-refractivity contribution in [3.63, 3.8) is 0 Å². The first-order valence-corrected chi connectivity index (χ1v) is 8.93. The lowest BCUT2D eigenvalue weighted by atomic mass is 10.1. The van der Waals surface area contributed by atoms with Gasteiger partial charge >= 0.3 is 0 Å². The minimum absolute atomic E-state index is 0.00889. The second-order valence-corrected chi connectivity index (χ2v) is 7.21. The largest absolute Gasteiger partial charge is 0.312 e. The molecule has 2 aromatic carbocycles. The van der Waals surface area contributed by atoms with Crippen LogP contribution in [-0.2, 0) is 19.6 Å². The lowest BCUT2D eigenvalue weighted by molar-refractivity contribution is -0.124. The molecular weight excluding hydrogens is 328 g/mol. The van der Waals surface area contributed by atoms with Crippen molar-refractivity contribution in [3.05, 3.63) is 60.7 Å². The zero-order valence-electron chi connectivity index (χ0n) is 12.8. The van der Waals surface area contributed by atoms with Gasteiger partial charge < -0.3 is 4.90 Å². The lowest BCUT2D eigenvalue weighted by Crippen LogP contribution is -2.37. The van der Waals surface area contributed by atoms with Crippen molar-refractivity contribution >= 4 is 27.5 Å². The summed E-state index contributed by atoms with van der Waals surface area (Å²) in [6, 6.07) is 16.7. The van der Waals surface area contributed by atoms with E-state index in [-0.39, 0.29) is 23.8 Å². The van der Waals surface area contributed by atoms with Crippen molar-refractivity contribution in [2.75, 3.05) is 11.4 Å². The van der Waals surface area contributed by atoms with Crippen molar-refractivity contribution in [1.82, 2.24) is 4.72 Å². The Morgan fingerprint density at radius 1 is 1.00 bits per heavy atom. The van der Waals surface area contributed by atoms with Gasteiger partial charge in [0.2, 0.25) is 11.8 Å². The maximum atomic E-state index is 12.3. The molecule has 0 radical (unpaired) electrons. The standard InChI is InChI=1S/C17H16N2O4S/c20-16-11-13(12-19(16)14-7-3-1-4-8-14)17(21)18-24(22,23)15-9-5-2-6-10-15/h1-10,13H,11-12H2,(H,18,21)/t13-/m0/s1. The van der Waals surface area contributed by atoms with E-state index in [2.05, 4.69) is 4.72 Å². The number of sulfonamides is 1. The Labute approximate surface area is 140 Å². The summed E-state index contributed by atoms with van der Waals surface area (Å²) in [5.41, 5.74) is 0.698. The molecule has 24 heavy (non-hydrogen) atoms. The summed E-state index contributed by atoms with van der Waals surface area (Å²) in [6.45, 7) is 0.166. The summed E-state index contributed by atoms with van der Waals surface area (Å²) < 4.78 is 26.5. The molecule has 0 spiro atoms. The first kappa shape index (κ1) is 16.2. The number of hydrogen-bond acceptors (Lipinski definition) is 4. The van der Waals surface area contributed by atoms with Crippen LogP contribution in [0, 0.1) is 5.92 Å². The van der Waals surface area contributed by atoms with Crippen molar-refractivity contribution < 1.29 is 18.0 Å². The number of para-hydroxylation sites is 1. The van der Waals surface area contributed by atoms with Crippen LogP contribution in [0.15, 0.2) is 65.6 Å². The van der Waals surface area contributed by atoms with Crippen molar-refractivity contribution in [1.29, 1.82) is 0 Å². The Kier molecular flexibility index (Phi) is 4.35. The maximum Gasteiger partial charge on any atom is 0.264 e. The van der Waals surface area contributed by atoms with Crippen LogP contribution in [0.2, 0.25) is 0 Å². The van der Waals surface area contributed by atoms with E-state index in [0.29, 0.717) is 5.69 Å². The summed E-state index contributed by atoms with van der Waals surface area (Å²) in [5.74, 6) is -1.56. The van der Waals surface area contributed by atoms with Crippen LogP contribution in [-0.4, -0.2) is 26.8 Å². The van der Waals surface area contributed by atoms with Gasteiger partial charge in [0.05, 0.1) is 10.8 Å². The average Bonchev–Trinajstić information content (AvgIpc) is 2.98. The zero-order valence-corrected chi connectivity index (χ0v) is 13.6. The van der Waals surface area contributed by atoms with Crippen molar-refractivity contribution in [2.45, 2.75) is 11.3 Å². The van der Waals surface area contributed by atoms with E-state index in [0.717, 1.165) is 0 Å². The maximum absolute atomic E-state index is 12.3. The summed E-state index contributed by atoms with van der Waals surface area (Å²) in [7, 11) is -3.93. The molecule has 1 aliphatic heterocycles. The summed E-state index contributed by atoms with van der Waals surface area (Å²) >= 11 is 0. The molecule has 0 saturated carbocycles. The van der Waals surface area contributed by atoms with Gasteiger partial charge in [0.25, 0.3) is 10.0 Å². The number of rotatable bonds is 4. The van der Waals surface area contributed by atoms with Gasteiger partial charge in [-0.1, -0.05) is 36.4 Å². The highest BCUT2D eigenvalue weighted by molar-refractivity contribution is 7.90. The van der Waals surface area contributed by atoms with E-state index in [1.54, 1.807) is 42.5 Å². The van der Waals surface area contributed by atoms with E-state index in [1.165, 1.54) is 17.0 Å². The van der Waals surface area contributed by atoms with Crippen LogP contribution >= 0.6 is 0 Å². The predicted molar refractivity (Wildman–Crippen MR) is 88.7 cm³/mol. The van der Waals surface area contributed by atoms with Crippen LogP contribution < -0.4 is 9.62 Å². The number of carbonyl (C=O) groups excluding carboxylic acids is 2. The number of hydrogen-bond donors (Lipinski definition) is 1. The molecule has 0 aliphatic carbocycles. The number of anilines is 1. The van der Waals surface area contributed by atoms with Gasteiger partial charge in [0.1, 0.15) is 0 Å². The molecule has 3 rings (SSSR count). The van der Waals surface area contributed by atoms with Gasteiger partial charge in [-0.25, -0.2) is 13.1 Å². The Hall–Kier alpha value is -2.67. The molecule has 1 saturated heterocycles. The van der Waals surface area contributed by atoms with E-state index < -0.39 is 21.8 Å². The first-order chi connectivity index (χ1) is 11.5. The van der Waals surface area contributed by atoms with Crippen LogP contribution in [0.25, 0.3) is 0 Å². The van der Waals surface area contributed by atoms with Gasteiger partial charge in [-0.15, -0.1) is 0 Å². The summed E-state index contributed by atoms with van der Waals surface area (Å²) in [4.78, 5) is 25.9. The molecule has 6 nitrogen and oxygen atoms in total. The Bertz CT molecular complexity index is 851. The van der Waals surface area contributed by atoms with Gasteiger partial charge in [-0.3, -0.25) is 9.59 Å². The molecule has 0 unspecified atom stereocenters. The molecule has 1 aliphatic rings. The van der Waals surface area contributed by atoms with Gasteiger partial charge in [-0.2, -0.15) is 0 Å². The van der Waals surface area contributed by atoms with Crippen LogP contribution in [0.5, 0.6) is 0 Å². The third-order valence-corrected chi connectivity index (χ3v) is 5.21. The Balaban J connectivity index is 1.72.